The van der Waals surface area contributed by atoms with Gasteiger partial charge in [0.1, 0.15) is 11.4 Å². The van der Waals surface area contributed by atoms with Crippen LogP contribution in [-0.2, 0) is 7.05 Å². The molecular formula is C18H22N2O2. The van der Waals surface area contributed by atoms with E-state index in [2.05, 4.69) is 5.32 Å². The topological polar surface area (TPSA) is 43.3 Å². The molecule has 3 rings (SSSR count). The van der Waals surface area contributed by atoms with Crippen molar-refractivity contribution in [3.05, 3.63) is 47.8 Å². The highest BCUT2D eigenvalue weighted by Crippen LogP contribution is 2.25. The predicted molar refractivity (Wildman–Crippen MR) is 87.4 cm³/mol. The Morgan fingerprint density at radius 2 is 1.82 bits per heavy atom. The lowest BCUT2D eigenvalue weighted by atomic mass is 10.2. The molecule has 1 amide bonds. The van der Waals surface area contributed by atoms with Gasteiger partial charge in [-0.1, -0.05) is 0 Å². The fourth-order valence-corrected chi connectivity index (χ4v) is 2.85. The van der Waals surface area contributed by atoms with Gasteiger partial charge >= 0.3 is 0 Å². The van der Waals surface area contributed by atoms with E-state index >= 15 is 0 Å². The lowest BCUT2D eigenvalue weighted by Gasteiger charge is -2.13. The van der Waals surface area contributed by atoms with Crippen LogP contribution in [0.1, 0.15) is 41.9 Å². The number of hydrogen-bond donors (Lipinski definition) is 1. The van der Waals surface area contributed by atoms with Gasteiger partial charge in [-0.05, 0) is 69.0 Å². The van der Waals surface area contributed by atoms with Crippen molar-refractivity contribution in [2.24, 2.45) is 7.05 Å². The van der Waals surface area contributed by atoms with E-state index in [1.165, 1.54) is 12.8 Å². The summed E-state index contributed by atoms with van der Waals surface area (Å²) < 4.78 is 7.81. The Hall–Kier alpha value is -2.23. The van der Waals surface area contributed by atoms with Gasteiger partial charge in [-0.15, -0.1) is 0 Å². The molecule has 1 fully saturated rings. The molecule has 1 aliphatic carbocycles. The first-order valence-corrected chi connectivity index (χ1v) is 7.84. The van der Waals surface area contributed by atoms with Crippen LogP contribution in [0.4, 0.5) is 5.69 Å². The van der Waals surface area contributed by atoms with Crippen molar-refractivity contribution in [3.8, 4) is 5.75 Å². The number of anilines is 1. The van der Waals surface area contributed by atoms with Gasteiger partial charge in [-0.3, -0.25) is 4.79 Å². The molecule has 0 radical (unpaired) electrons. The summed E-state index contributed by atoms with van der Waals surface area (Å²) in [6, 6.07) is 11.4. The number of hydrogen-bond acceptors (Lipinski definition) is 2. The van der Waals surface area contributed by atoms with Crippen molar-refractivity contribution in [3.63, 3.8) is 0 Å². The first-order chi connectivity index (χ1) is 10.6. The lowest BCUT2D eigenvalue weighted by molar-refractivity contribution is 0.101. The number of benzene rings is 1. The highest BCUT2D eigenvalue weighted by molar-refractivity contribution is 6.03. The van der Waals surface area contributed by atoms with Crippen LogP contribution in [-0.4, -0.2) is 16.6 Å². The van der Waals surface area contributed by atoms with Crippen LogP contribution in [0.25, 0.3) is 0 Å². The van der Waals surface area contributed by atoms with Crippen molar-refractivity contribution >= 4 is 11.6 Å². The van der Waals surface area contributed by atoms with Crippen LogP contribution < -0.4 is 10.1 Å². The number of carbonyl (C=O) groups excluding carboxylic acids is 1. The predicted octanol–water partition coefficient (Wildman–Crippen LogP) is 3.91. The number of aromatic nitrogens is 1. The summed E-state index contributed by atoms with van der Waals surface area (Å²) in [4.78, 5) is 12.2. The molecule has 1 saturated carbocycles. The van der Waals surface area contributed by atoms with Gasteiger partial charge in [0.15, 0.2) is 0 Å². The molecule has 0 saturated heterocycles. The average Bonchev–Trinajstić information content (AvgIpc) is 3.12. The maximum absolute atomic E-state index is 12.2. The van der Waals surface area contributed by atoms with Gasteiger partial charge < -0.3 is 14.6 Å². The third-order valence-corrected chi connectivity index (χ3v) is 4.32. The maximum Gasteiger partial charge on any atom is 0.272 e. The van der Waals surface area contributed by atoms with E-state index < -0.39 is 0 Å². The lowest BCUT2D eigenvalue weighted by Crippen LogP contribution is -2.16. The van der Waals surface area contributed by atoms with Crippen molar-refractivity contribution in [2.45, 2.75) is 38.7 Å². The molecule has 2 aromatic rings. The Labute approximate surface area is 131 Å². The third kappa shape index (κ3) is 3.16. The molecule has 116 valence electrons. The van der Waals surface area contributed by atoms with E-state index in [1.54, 1.807) is 0 Å². The zero-order valence-corrected chi connectivity index (χ0v) is 13.1. The summed E-state index contributed by atoms with van der Waals surface area (Å²) in [5, 5.41) is 2.92. The van der Waals surface area contributed by atoms with Gasteiger partial charge in [0.25, 0.3) is 5.91 Å². The second-order valence-electron chi connectivity index (χ2n) is 5.92. The van der Waals surface area contributed by atoms with Crippen LogP contribution in [0.5, 0.6) is 5.75 Å². The Bertz CT molecular complexity index is 652. The van der Waals surface area contributed by atoms with Crippen LogP contribution in [0.15, 0.2) is 36.4 Å². The van der Waals surface area contributed by atoms with E-state index in [-0.39, 0.29) is 5.91 Å². The molecule has 1 aliphatic rings. The highest BCUT2D eigenvalue weighted by atomic mass is 16.5. The molecule has 1 heterocycles. The van der Waals surface area contributed by atoms with Gasteiger partial charge in [0.2, 0.25) is 0 Å². The zero-order valence-electron chi connectivity index (χ0n) is 13.1. The Morgan fingerprint density at radius 3 is 2.41 bits per heavy atom. The number of amides is 1. The first-order valence-electron chi connectivity index (χ1n) is 7.84. The van der Waals surface area contributed by atoms with Gasteiger partial charge in [0.05, 0.1) is 6.10 Å². The monoisotopic (exact) mass is 298 g/mol. The quantitative estimate of drug-likeness (QED) is 0.930. The fourth-order valence-electron chi connectivity index (χ4n) is 2.85. The van der Waals surface area contributed by atoms with E-state index in [0.717, 1.165) is 30.0 Å². The standard InChI is InChI=1S/C18H22N2O2/c1-13-7-12-17(20(13)2)18(21)19-14-8-10-16(11-9-14)22-15-5-3-4-6-15/h7-12,15H,3-6H2,1-2H3,(H,19,21). The molecule has 0 bridgehead atoms. The van der Waals surface area contributed by atoms with Gasteiger partial charge in [-0.25, -0.2) is 0 Å². The number of rotatable bonds is 4. The normalized spacial score (nSPS) is 15.0. The molecule has 4 heteroatoms. The molecule has 0 unspecified atom stereocenters. The summed E-state index contributed by atoms with van der Waals surface area (Å²) in [5.41, 5.74) is 2.50. The molecule has 0 aliphatic heterocycles. The molecule has 22 heavy (non-hydrogen) atoms. The Kier molecular flexibility index (Phi) is 4.18. The molecule has 0 spiro atoms. The Balaban J connectivity index is 1.63. The second-order valence-corrected chi connectivity index (χ2v) is 5.92. The molecule has 0 atom stereocenters. The molecule has 1 aromatic carbocycles. The Morgan fingerprint density at radius 1 is 1.14 bits per heavy atom. The number of aryl methyl sites for hydroxylation is 1. The fraction of sp³-hybridized carbons (Fsp3) is 0.389. The second kappa shape index (κ2) is 6.26. The summed E-state index contributed by atoms with van der Waals surface area (Å²) >= 11 is 0. The zero-order chi connectivity index (χ0) is 15.5. The molecule has 1 aromatic heterocycles. The molecule has 1 N–H and O–H groups in total. The molecule has 4 nitrogen and oxygen atoms in total. The first kappa shape index (κ1) is 14.7. The van der Waals surface area contributed by atoms with E-state index in [9.17, 15) is 4.79 Å². The summed E-state index contributed by atoms with van der Waals surface area (Å²) in [5.74, 6) is 0.777. The van der Waals surface area contributed by atoms with Crippen LogP contribution in [0, 0.1) is 6.92 Å². The summed E-state index contributed by atoms with van der Waals surface area (Å²) in [6.45, 7) is 1.98. The number of nitrogens with zero attached hydrogens (tertiary/aromatic N) is 1. The number of carbonyl (C=O) groups is 1. The largest absolute Gasteiger partial charge is 0.490 e. The minimum Gasteiger partial charge on any atom is -0.490 e. The summed E-state index contributed by atoms with van der Waals surface area (Å²) in [7, 11) is 1.89. The van der Waals surface area contributed by atoms with E-state index in [1.807, 2.05) is 54.9 Å². The van der Waals surface area contributed by atoms with Crippen LogP contribution >= 0.6 is 0 Å². The minimum absolute atomic E-state index is 0.0972. The van der Waals surface area contributed by atoms with Crippen molar-refractivity contribution in [1.82, 2.24) is 4.57 Å². The van der Waals surface area contributed by atoms with Crippen molar-refractivity contribution in [1.29, 1.82) is 0 Å². The smallest absolute Gasteiger partial charge is 0.272 e. The van der Waals surface area contributed by atoms with E-state index in [4.69, 9.17) is 4.74 Å². The third-order valence-electron chi connectivity index (χ3n) is 4.32. The van der Waals surface area contributed by atoms with E-state index in [0.29, 0.717) is 11.8 Å². The highest BCUT2D eigenvalue weighted by Gasteiger charge is 2.16. The maximum atomic E-state index is 12.2. The van der Waals surface area contributed by atoms with Crippen molar-refractivity contribution < 1.29 is 9.53 Å². The van der Waals surface area contributed by atoms with Crippen LogP contribution in [0.2, 0.25) is 0 Å². The van der Waals surface area contributed by atoms with Crippen molar-refractivity contribution in [2.75, 3.05) is 5.32 Å². The SMILES string of the molecule is Cc1ccc(C(=O)Nc2ccc(OC3CCCC3)cc2)n1C. The van der Waals surface area contributed by atoms with Gasteiger partial charge in [-0.2, -0.15) is 0 Å². The van der Waals surface area contributed by atoms with Crippen LogP contribution in [0.3, 0.4) is 0 Å². The minimum atomic E-state index is -0.0972. The summed E-state index contributed by atoms with van der Waals surface area (Å²) in [6.07, 6.45) is 5.16. The molecular weight excluding hydrogens is 276 g/mol. The number of ether oxygens (including phenoxy) is 1. The van der Waals surface area contributed by atoms with Gasteiger partial charge in [0, 0.05) is 18.4 Å². The average molecular weight is 298 g/mol. The number of nitrogens with one attached hydrogen (secondary N) is 1.